The molecule has 3 aromatic rings. The molecule has 2 N–H and O–H groups in total. The summed E-state index contributed by atoms with van der Waals surface area (Å²) in [6, 6.07) is 10.7. The molecule has 1 atom stereocenters. The molecular formula is C22H22F3N3O3S. The minimum atomic E-state index is -5.72. The van der Waals surface area contributed by atoms with Crippen LogP contribution < -0.4 is 9.50 Å². The number of benzene rings is 2. The Balaban J connectivity index is 1.57. The van der Waals surface area contributed by atoms with E-state index in [1.165, 1.54) is 13.0 Å². The maximum absolute atomic E-state index is 12.6. The molecule has 1 aliphatic rings. The molecule has 32 heavy (non-hydrogen) atoms. The molecule has 10 heteroatoms. The van der Waals surface area contributed by atoms with Crippen LogP contribution in [0.25, 0.3) is 22.4 Å². The van der Waals surface area contributed by atoms with Gasteiger partial charge in [0.05, 0.1) is 17.9 Å². The van der Waals surface area contributed by atoms with E-state index in [-0.39, 0.29) is 11.8 Å². The molecular weight excluding hydrogens is 443 g/mol. The molecule has 1 aliphatic heterocycles. The van der Waals surface area contributed by atoms with E-state index in [2.05, 4.69) is 19.5 Å². The number of hydrogen-bond donors (Lipinski definition) is 2. The summed E-state index contributed by atoms with van der Waals surface area (Å²) in [7, 11) is -5.72. The van der Waals surface area contributed by atoms with E-state index in [0.717, 1.165) is 47.6 Å². The number of nitrogens with zero attached hydrogens (tertiary/aromatic N) is 1. The van der Waals surface area contributed by atoms with Gasteiger partial charge in [-0.1, -0.05) is 30.3 Å². The number of hydrogen-bond acceptors (Lipinski definition) is 5. The Morgan fingerprint density at radius 2 is 1.72 bits per heavy atom. The van der Waals surface area contributed by atoms with Gasteiger partial charge in [0.1, 0.15) is 11.6 Å². The van der Waals surface area contributed by atoms with Crippen LogP contribution in [0.1, 0.15) is 35.8 Å². The second-order valence-corrected chi connectivity index (χ2v) is 9.29. The zero-order valence-corrected chi connectivity index (χ0v) is 18.3. The first-order chi connectivity index (χ1) is 15.1. The summed E-state index contributed by atoms with van der Waals surface area (Å²) in [5.74, 6) is 0.572. The molecule has 4 rings (SSSR count). The predicted molar refractivity (Wildman–Crippen MR) is 115 cm³/mol. The molecule has 2 heterocycles. The van der Waals surface area contributed by atoms with E-state index in [1.807, 2.05) is 24.3 Å². The van der Waals surface area contributed by atoms with Crippen LogP contribution in [-0.2, 0) is 10.1 Å². The molecule has 1 aromatic heterocycles. The Morgan fingerprint density at radius 3 is 2.34 bits per heavy atom. The van der Waals surface area contributed by atoms with Crippen molar-refractivity contribution in [3.63, 3.8) is 0 Å². The highest BCUT2D eigenvalue weighted by Crippen LogP contribution is 2.35. The van der Waals surface area contributed by atoms with Crippen molar-refractivity contribution in [1.82, 2.24) is 15.3 Å². The number of H-pyrrole nitrogens is 1. The number of nitrogens with one attached hydrogen (secondary N) is 2. The first kappa shape index (κ1) is 22.3. The fourth-order valence-corrected chi connectivity index (χ4v) is 4.28. The largest absolute Gasteiger partial charge is 0.534 e. The van der Waals surface area contributed by atoms with Crippen LogP contribution in [0, 0.1) is 13.8 Å². The van der Waals surface area contributed by atoms with Crippen molar-refractivity contribution in [2.24, 2.45) is 0 Å². The maximum Gasteiger partial charge on any atom is 0.534 e. The van der Waals surface area contributed by atoms with Gasteiger partial charge < -0.3 is 14.5 Å². The first-order valence-corrected chi connectivity index (χ1v) is 11.5. The highest BCUT2D eigenvalue weighted by Gasteiger charge is 2.48. The van der Waals surface area contributed by atoms with Crippen LogP contribution in [0.3, 0.4) is 0 Å². The molecule has 0 spiro atoms. The van der Waals surface area contributed by atoms with Gasteiger partial charge in [0.25, 0.3) is 0 Å². The Bertz CT molecular complexity index is 1230. The van der Waals surface area contributed by atoms with Crippen molar-refractivity contribution in [1.29, 1.82) is 0 Å². The molecule has 1 fully saturated rings. The summed E-state index contributed by atoms with van der Waals surface area (Å²) in [5, 5.41) is 3.40. The Hall–Kier alpha value is -2.85. The summed E-state index contributed by atoms with van der Waals surface area (Å²) in [5.41, 5.74) is -1.07. The highest BCUT2D eigenvalue weighted by molar-refractivity contribution is 7.88. The maximum atomic E-state index is 12.6. The third-order valence-corrected chi connectivity index (χ3v) is 6.68. The fraction of sp³-hybridized carbons (Fsp3) is 0.318. The van der Waals surface area contributed by atoms with Crippen molar-refractivity contribution in [3.05, 3.63) is 59.5 Å². The molecule has 1 saturated heterocycles. The zero-order valence-electron chi connectivity index (χ0n) is 17.5. The molecule has 6 nitrogen and oxygen atoms in total. The van der Waals surface area contributed by atoms with Crippen molar-refractivity contribution in [3.8, 4) is 28.1 Å². The minimum Gasteiger partial charge on any atom is -0.376 e. The highest BCUT2D eigenvalue weighted by atomic mass is 32.2. The number of imidazole rings is 1. The third-order valence-electron chi connectivity index (χ3n) is 5.71. The second kappa shape index (κ2) is 8.25. The second-order valence-electron chi connectivity index (χ2n) is 7.75. The van der Waals surface area contributed by atoms with Gasteiger partial charge in [-0.3, -0.25) is 0 Å². The fourth-order valence-electron chi connectivity index (χ4n) is 3.77. The van der Waals surface area contributed by atoms with Crippen LogP contribution in [0.2, 0.25) is 0 Å². The van der Waals surface area contributed by atoms with E-state index in [0.29, 0.717) is 11.1 Å². The van der Waals surface area contributed by atoms with Crippen LogP contribution in [0.4, 0.5) is 13.2 Å². The van der Waals surface area contributed by atoms with E-state index in [4.69, 9.17) is 0 Å². The molecule has 0 amide bonds. The average Bonchev–Trinajstić information content (AvgIpc) is 3.43. The van der Waals surface area contributed by atoms with Crippen LogP contribution >= 0.6 is 0 Å². The molecule has 170 valence electrons. The number of rotatable bonds is 5. The summed E-state index contributed by atoms with van der Waals surface area (Å²) in [4.78, 5) is 7.83. The zero-order chi connectivity index (χ0) is 23.1. The predicted octanol–water partition coefficient (Wildman–Crippen LogP) is 5.01. The summed E-state index contributed by atoms with van der Waals surface area (Å²) >= 11 is 0. The smallest absolute Gasteiger partial charge is 0.376 e. The lowest BCUT2D eigenvalue weighted by Gasteiger charge is -2.15. The number of aromatic amines is 1. The van der Waals surface area contributed by atoms with Gasteiger partial charge in [-0.15, -0.1) is 0 Å². The van der Waals surface area contributed by atoms with Gasteiger partial charge in [0.2, 0.25) is 0 Å². The monoisotopic (exact) mass is 465 g/mol. The third kappa shape index (κ3) is 4.24. The van der Waals surface area contributed by atoms with E-state index >= 15 is 0 Å². The van der Waals surface area contributed by atoms with Crippen LogP contribution in [-0.4, -0.2) is 30.4 Å². The standard InChI is InChI=1S/C22H22F3N3O3S/c1-13-14(2)20(31-32(29,30)22(23,24)25)10-9-17(13)15-5-7-16(8-6-15)19-12-27-21(28-19)18-4-3-11-26-18/h5-10,12,18,26H,3-4,11H2,1-2H3,(H,27,28). The first-order valence-electron chi connectivity index (χ1n) is 10.1. The van der Waals surface area contributed by atoms with Crippen molar-refractivity contribution >= 4 is 10.1 Å². The topological polar surface area (TPSA) is 84.1 Å². The molecule has 0 bridgehead atoms. The molecule has 0 saturated carbocycles. The Kier molecular flexibility index (Phi) is 5.76. The molecule has 0 radical (unpaired) electrons. The van der Waals surface area contributed by atoms with E-state index < -0.39 is 15.6 Å². The number of halogens is 3. The van der Waals surface area contributed by atoms with Crippen LogP contribution in [0.5, 0.6) is 5.75 Å². The minimum absolute atomic E-state index is 0.246. The van der Waals surface area contributed by atoms with Gasteiger partial charge in [-0.2, -0.15) is 21.6 Å². The Morgan fingerprint density at radius 1 is 1.03 bits per heavy atom. The summed E-state index contributed by atoms with van der Waals surface area (Å²) < 4.78 is 64.9. The van der Waals surface area contributed by atoms with Crippen molar-refractivity contribution < 1.29 is 25.8 Å². The van der Waals surface area contributed by atoms with Gasteiger partial charge in [-0.25, -0.2) is 4.98 Å². The average molecular weight is 465 g/mol. The van der Waals surface area contributed by atoms with E-state index in [1.54, 1.807) is 19.2 Å². The van der Waals surface area contributed by atoms with Gasteiger partial charge in [0.15, 0.2) is 0 Å². The lowest BCUT2D eigenvalue weighted by Crippen LogP contribution is -2.28. The number of alkyl halides is 3. The van der Waals surface area contributed by atoms with Crippen LogP contribution in [0.15, 0.2) is 42.6 Å². The van der Waals surface area contributed by atoms with Crippen molar-refractivity contribution in [2.75, 3.05) is 6.54 Å². The summed E-state index contributed by atoms with van der Waals surface area (Å²) in [6.07, 6.45) is 3.97. The normalized spacial score (nSPS) is 17.0. The quantitative estimate of drug-likeness (QED) is 0.409. The molecule has 1 unspecified atom stereocenters. The van der Waals surface area contributed by atoms with Gasteiger partial charge in [-0.05, 0) is 67.1 Å². The lowest BCUT2D eigenvalue weighted by atomic mass is 9.95. The van der Waals surface area contributed by atoms with Gasteiger partial charge in [0, 0.05) is 0 Å². The van der Waals surface area contributed by atoms with Gasteiger partial charge >= 0.3 is 15.6 Å². The van der Waals surface area contributed by atoms with E-state index in [9.17, 15) is 21.6 Å². The lowest BCUT2D eigenvalue weighted by molar-refractivity contribution is -0.0500. The van der Waals surface area contributed by atoms with Crippen molar-refractivity contribution in [2.45, 2.75) is 38.2 Å². The Labute approximate surface area is 184 Å². The molecule has 2 aromatic carbocycles. The summed E-state index contributed by atoms with van der Waals surface area (Å²) in [6.45, 7) is 4.22. The number of aromatic nitrogens is 2. The molecule has 0 aliphatic carbocycles. The SMILES string of the molecule is Cc1c(OS(=O)(=O)C(F)(F)F)ccc(-c2ccc(-c3cnc(C4CCCN4)[nH]3)cc2)c1C.